The summed E-state index contributed by atoms with van der Waals surface area (Å²) in [7, 11) is 0. The maximum atomic E-state index is 12.5. The van der Waals surface area contributed by atoms with Crippen LogP contribution in [0.1, 0.15) is 48.8 Å². The quantitative estimate of drug-likeness (QED) is 0.846. The van der Waals surface area contributed by atoms with Crippen molar-refractivity contribution < 1.29 is 9.53 Å². The Kier molecular flexibility index (Phi) is 5.02. The van der Waals surface area contributed by atoms with Gasteiger partial charge >= 0.3 is 0 Å². The SMILES string of the molecule is Cc1nc(C2CCN(C(=O)[C@H]3CCCO3)CC2)n(Cc2ccccc2)n1. The molecule has 2 saturated heterocycles. The van der Waals surface area contributed by atoms with E-state index in [0.29, 0.717) is 5.92 Å². The number of amides is 1. The molecule has 0 saturated carbocycles. The number of carbonyl (C=O) groups is 1. The molecular weight excluding hydrogens is 328 g/mol. The van der Waals surface area contributed by atoms with Crippen molar-refractivity contribution in [3.8, 4) is 0 Å². The molecule has 2 aliphatic heterocycles. The Labute approximate surface area is 154 Å². The van der Waals surface area contributed by atoms with Crippen LogP contribution in [0.5, 0.6) is 0 Å². The first kappa shape index (κ1) is 17.2. The Hall–Kier alpha value is -2.21. The summed E-state index contributed by atoms with van der Waals surface area (Å²) in [5.41, 5.74) is 1.23. The number of hydrogen-bond donors (Lipinski definition) is 0. The summed E-state index contributed by atoms with van der Waals surface area (Å²) in [6.07, 6.45) is 3.52. The van der Waals surface area contributed by atoms with Gasteiger partial charge in [-0.05, 0) is 38.2 Å². The molecule has 1 atom stereocenters. The molecule has 0 aliphatic carbocycles. The molecule has 138 valence electrons. The Morgan fingerprint density at radius 3 is 2.65 bits per heavy atom. The van der Waals surface area contributed by atoms with Crippen molar-refractivity contribution in [1.82, 2.24) is 19.7 Å². The number of carbonyl (C=O) groups excluding carboxylic acids is 1. The number of aromatic nitrogens is 3. The molecule has 1 aromatic carbocycles. The van der Waals surface area contributed by atoms with Crippen molar-refractivity contribution in [2.45, 2.75) is 51.2 Å². The van der Waals surface area contributed by atoms with Gasteiger partial charge in [0.05, 0.1) is 6.54 Å². The minimum absolute atomic E-state index is 0.169. The molecule has 4 rings (SSSR count). The zero-order valence-electron chi connectivity index (χ0n) is 15.3. The van der Waals surface area contributed by atoms with Gasteiger partial charge < -0.3 is 9.64 Å². The molecule has 0 unspecified atom stereocenters. The maximum absolute atomic E-state index is 12.5. The Bertz CT molecular complexity index is 744. The third-order valence-corrected chi connectivity index (χ3v) is 5.36. The normalized spacial score (nSPS) is 21.3. The second kappa shape index (κ2) is 7.58. The van der Waals surface area contributed by atoms with E-state index in [-0.39, 0.29) is 12.0 Å². The fourth-order valence-corrected chi connectivity index (χ4v) is 3.98. The van der Waals surface area contributed by atoms with Crippen LogP contribution in [0.2, 0.25) is 0 Å². The first-order valence-corrected chi connectivity index (χ1v) is 9.56. The van der Waals surface area contributed by atoms with Crippen LogP contribution in [-0.2, 0) is 16.1 Å². The summed E-state index contributed by atoms with van der Waals surface area (Å²) in [6, 6.07) is 10.4. The van der Waals surface area contributed by atoms with Crippen molar-refractivity contribution in [1.29, 1.82) is 0 Å². The van der Waals surface area contributed by atoms with E-state index in [2.05, 4.69) is 17.2 Å². The zero-order chi connectivity index (χ0) is 17.9. The van der Waals surface area contributed by atoms with Gasteiger partial charge in [-0.15, -0.1) is 0 Å². The van der Waals surface area contributed by atoms with Gasteiger partial charge in [0.15, 0.2) is 0 Å². The van der Waals surface area contributed by atoms with Gasteiger partial charge in [-0.1, -0.05) is 30.3 Å². The van der Waals surface area contributed by atoms with Gasteiger partial charge in [0.1, 0.15) is 17.8 Å². The van der Waals surface area contributed by atoms with Crippen LogP contribution in [-0.4, -0.2) is 51.4 Å². The highest BCUT2D eigenvalue weighted by atomic mass is 16.5. The van der Waals surface area contributed by atoms with Crippen LogP contribution in [0.25, 0.3) is 0 Å². The van der Waals surface area contributed by atoms with E-state index in [1.165, 1.54) is 5.56 Å². The van der Waals surface area contributed by atoms with E-state index >= 15 is 0 Å². The number of likely N-dealkylation sites (tertiary alicyclic amines) is 1. The van der Waals surface area contributed by atoms with Crippen LogP contribution in [0.15, 0.2) is 30.3 Å². The predicted octanol–water partition coefficient (Wildman–Crippen LogP) is 2.52. The number of nitrogens with zero attached hydrogens (tertiary/aromatic N) is 4. The molecule has 2 aromatic rings. The Morgan fingerprint density at radius 1 is 1.19 bits per heavy atom. The first-order valence-electron chi connectivity index (χ1n) is 9.56. The number of hydrogen-bond acceptors (Lipinski definition) is 4. The standard InChI is InChI=1S/C20H26N4O2/c1-15-21-19(24(22-15)14-16-6-3-2-4-7-16)17-9-11-23(12-10-17)20(25)18-8-5-13-26-18/h2-4,6-7,17-18H,5,8-14H2,1H3/t18-/m1/s1. The van der Waals surface area contributed by atoms with Gasteiger partial charge in [0.25, 0.3) is 5.91 Å². The van der Waals surface area contributed by atoms with Crippen molar-refractivity contribution in [2.75, 3.05) is 19.7 Å². The number of aryl methyl sites for hydroxylation is 1. The molecule has 26 heavy (non-hydrogen) atoms. The van der Waals surface area contributed by atoms with Crippen molar-refractivity contribution in [3.05, 3.63) is 47.5 Å². The molecule has 2 fully saturated rings. The van der Waals surface area contributed by atoms with Crippen LogP contribution in [0.3, 0.4) is 0 Å². The summed E-state index contributed by atoms with van der Waals surface area (Å²) < 4.78 is 7.59. The van der Waals surface area contributed by atoms with Crippen LogP contribution in [0.4, 0.5) is 0 Å². The molecule has 6 nitrogen and oxygen atoms in total. The number of rotatable bonds is 4. The average molecular weight is 354 g/mol. The molecule has 0 N–H and O–H groups in total. The van der Waals surface area contributed by atoms with Gasteiger partial charge in [-0.2, -0.15) is 5.10 Å². The minimum atomic E-state index is -0.212. The second-order valence-electron chi connectivity index (χ2n) is 7.26. The van der Waals surface area contributed by atoms with Crippen molar-refractivity contribution >= 4 is 5.91 Å². The molecule has 0 bridgehead atoms. The van der Waals surface area contributed by atoms with E-state index in [1.807, 2.05) is 34.7 Å². The van der Waals surface area contributed by atoms with E-state index in [0.717, 1.165) is 63.6 Å². The highest BCUT2D eigenvalue weighted by Crippen LogP contribution is 2.28. The number of benzene rings is 1. The van der Waals surface area contributed by atoms with E-state index in [4.69, 9.17) is 9.72 Å². The van der Waals surface area contributed by atoms with Crippen molar-refractivity contribution in [2.24, 2.45) is 0 Å². The monoisotopic (exact) mass is 354 g/mol. The average Bonchev–Trinajstić information content (AvgIpc) is 3.32. The van der Waals surface area contributed by atoms with Gasteiger partial charge in [0.2, 0.25) is 0 Å². The lowest BCUT2D eigenvalue weighted by Gasteiger charge is -2.33. The van der Waals surface area contributed by atoms with Gasteiger partial charge in [-0.25, -0.2) is 9.67 Å². The van der Waals surface area contributed by atoms with Crippen molar-refractivity contribution in [3.63, 3.8) is 0 Å². The molecule has 2 aliphatic rings. The summed E-state index contributed by atoms with van der Waals surface area (Å²) in [5.74, 6) is 2.39. The Balaban J connectivity index is 1.42. The summed E-state index contributed by atoms with van der Waals surface area (Å²) >= 11 is 0. The minimum Gasteiger partial charge on any atom is -0.368 e. The van der Waals surface area contributed by atoms with Crippen LogP contribution >= 0.6 is 0 Å². The lowest BCUT2D eigenvalue weighted by atomic mass is 9.95. The molecule has 0 spiro atoms. The largest absolute Gasteiger partial charge is 0.368 e. The van der Waals surface area contributed by atoms with E-state index in [9.17, 15) is 4.79 Å². The third kappa shape index (κ3) is 3.65. The topological polar surface area (TPSA) is 60.3 Å². The second-order valence-corrected chi connectivity index (χ2v) is 7.26. The first-order chi connectivity index (χ1) is 12.7. The molecule has 0 radical (unpaired) electrons. The smallest absolute Gasteiger partial charge is 0.251 e. The highest BCUT2D eigenvalue weighted by Gasteiger charge is 2.32. The van der Waals surface area contributed by atoms with Gasteiger partial charge in [-0.3, -0.25) is 4.79 Å². The highest BCUT2D eigenvalue weighted by molar-refractivity contribution is 5.81. The molecule has 6 heteroatoms. The fraction of sp³-hybridized carbons (Fsp3) is 0.550. The van der Waals surface area contributed by atoms with E-state index < -0.39 is 0 Å². The Morgan fingerprint density at radius 2 is 1.96 bits per heavy atom. The molecule has 3 heterocycles. The summed E-state index contributed by atoms with van der Waals surface area (Å²) in [5, 5.41) is 4.60. The number of piperidine rings is 1. The fourth-order valence-electron chi connectivity index (χ4n) is 3.98. The molecule has 1 amide bonds. The predicted molar refractivity (Wildman–Crippen MR) is 97.8 cm³/mol. The lowest BCUT2D eigenvalue weighted by molar-refractivity contribution is -0.142. The summed E-state index contributed by atoms with van der Waals surface area (Å²) in [6.45, 7) is 4.96. The molecular formula is C20H26N4O2. The van der Waals surface area contributed by atoms with E-state index in [1.54, 1.807) is 0 Å². The third-order valence-electron chi connectivity index (χ3n) is 5.36. The zero-order valence-corrected chi connectivity index (χ0v) is 15.3. The number of ether oxygens (including phenoxy) is 1. The van der Waals surface area contributed by atoms with Crippen LogP contribution in [0, 0.1) is 6.92 Å². The van der Waals surface area contributed by atoms with Crippen LogP contribution < -0.4 is 0 Å². The maximum Gasteiger partial charge on any atom is 0.251 e. The molecule has 1 aromatic heterocycles. The van der Waals surface area contributed by atoms with Gasteiger partial charge in [0, 0.05) is 25.6 Å². The summed E-state index contributed by atoms with van der Waals surface area (Å²) in [4.78, 5) is 19.2. The lowest BCUT2D eigenvalue weighted by Crippen LogP contribution is -2.43.